The third-order valence-electron chi connectivity index (χ3n) is 3.01. The summed E-state index contributed by atoms with van der Waals surface area (Å²) in [4.78, 5) is 11.6. The fourth-order valence-electron chi connectivity index (χ4n) is 1.94. The van der Waals surface area contributed by atoms with E-state index < -0.39 is 0 Å². The van der Waals surface area contributed by atoms with E-state index in [4.69, 9.17) is 4.74 Å². The highest BCUT2D eigenvalue weighted by Crippen LogP contribution is 2.16. The minimum Gasteiger partial charge on any atom is -0.491 e. The van der Waals surface area contributed by atoms with Gasteiger partial charge in [0.1, 0.15) is 5.75 Å². The first-order chi connectivity index (χ1) is 10.1. The maximum Gasteiger partial charge on any atom is 0.221 e. The normalized spacial score (nSPS) is 10.5. The molecule has 0 radical (unpaired) electrons. The number of anilines is 1. The predicted molar refractivity (Wildman–Crippen MR) is 87.8 cm³/mol. The van der Waals surface area contributed by atoms with Crippen LogP contribution in [0, 0.1) is 0 Å². The Bertz CT molecular complexity index is 402. The van der Waals surface area contributed by atoms with Gasteiger partial charge in [0.05, 0.1) is 6.10 Å². The molecule has 0 saturated carbocycles. The summed E-state index contributed by atoms with van der Waals surface area (Å²) in [6.07, 6.45) is 4.08. The van der Waals surface area contributed by atoms with Gasteiger partial charge >= 0.3 is 0 Å². The van der Waals surface area contributed by atoms with E-state index in [-0.39, 0.29) is 12.0 Å². The van der Waals surface area contributed by atoms with Gasteiger partial charge in [-0.15, -0.1) is 0 Å². The lowest BCUT2D eigenvalue weighted by Gasteiger charge is -2.11. The number of amides is 1. The molecule has 0 aliphatic heterocycles. The zero-order valence-electron chi connectivity index (χ0n) is 13.4. The molecule has 118 valence electrons. The van der Waals surface area contributed by atoms with Crippen molar-refractivity contribution < 1.29 is 9.53 Å². The largest absolute Gasteiger partial charge is 0.491 e. The average molecular weight is 292 g/mol. The molecule has 2 N–H and O–H groups in total. The van der Waals surface area contributed by atoms with Crippen LogP contribution in [0.3, 0.4) is 0 Å². The van der Waals surface area contributed by atoms with Crippen LogP contribution in [0.1, 0.15) is 46.5 Å². The molecule has 4 heteroatoms. The third kappa shape index (κ3) is 8.23. The number of benzene rings is 1. The van der Waals surface area contributed by atoms with Crippen LogP contribution in [-0.4, -0.2) is 25.1 Å². The quantitative estimate of drug-likeness (QED) is 0.648. The molecule has 4 nitrogen and oxygen atoms in total. The van der Waals surface area contributed by atoms with Crippen molar-refractivity contribution >= 4 is 11.6 Å². The lowest BCUT2D eigenvalue weighted by Crippen LogP contribution is -2.26. The minimum absolute atomic E-state index is 0.110. The van der Waals surface area contributed by atoms with Crippen molar-refractivity contribution in [2.24, 2.45) is 0 Å². The summed E-state index contributed by atoms with van der Waals surface area (Å²) in [7, 11) is 0. The van der Waals surface area contributed by atoms with Gasteiger partial charge in [0.25, 0.3) is 0 Å². The second-order valence-electron chi connectivity index (χ2n) is 5.42. The summed E-state index contributed by atoms with van der Waals surface area (Å²) in [6.45, 7) is 7.59. The van der Waals surface area contributed by atoms with Gasteiger partial charge < -0.3 is 15.4 Å². The van der Waals surface area contributed by atoms with E-state index in [1.165, 1.54) is 12.8 Å². The lowest BCUT2D eigenvalue weighted by molar-refractivity contribution is -0.120. The highest BCUT2D eigenvalue weighted by atomic mass is 16.5. The standard InChI is InChI=1S/C17H28N2O2/c1-4-5-6-12-19-17(20)11-13-18-15-7-9-16(10-8-15)21-14(2)3/h7-10,14,18H,4-6,11-13H2,1-3H3,(H,19,20). The Labute approximate surface area is 128 Å². The Morgan fingerprint density at radius 1 is 1.14 bits per heavy atom. The summed E-state index contributed by atoms with van der Waals surface area (Å²) in [5, 5.41) is 6.18. The lowest BCUT2D eigenvalue weighted by atomic mass is 10.2. The van der Waals surface area contributed by atoms with E-state index in [1.54, 1.807) is 0 Å². The van der Waals surface area contributed by atoms with Crippen molar-refractivity contribution in [1.82, 2.24) is 5.32 Å². The molecule has 1 aromatic rings. The van der Waals surface area contributed by atoms with E-state index in [0.29, 0.717) is 13.0 Å². The topological polar surface area (TPSA) is 50.4 Å². The Kier molecular flexibility index (Phi) is 8.32. The monoisotopic (exact) mass is 292 g/mol. The molecule has 0 aliphatic rings. The van der Waals surface area contributed by atoms with Gasteiger partial charge in [-0.05, 0) is 44.5 Å². The number of carbonyl (C=O) groups is 1. The molecule has 0 aromatic heterocycles. The number of hydrogen-bond donors (Lipinski definition) is 2. The van der Waals surface area contributed by atoms with Gasteiger partial charge in [-0.2, -0.15) is 0 Å². The van der Waals surface area contributed by atoms with Gasteiger partial charge in [0.2, 0.25) is 5.91 Å². The van der Waals surface area contributed by atoms with Crippen LogP contribution in [0.5, 0.6) is 5.75 Å². The van der Waals surface area contributed by atoms with Gasteiger partial charge in [-0.3, -0.25) is 4.79 Å². The van der Waals surface area contributed by atoms with Crippen LogP contribution in [0.15, 0.2) is 24.3 Å². The first-order valence-corrected chi connectivity index (χ1v) is 7.89. The maximum atomic E-state index is 11.6. The van der Waals surface area contributed by atoms with E-state index in [2.05, 4.69) is 17.6 Å². The molecule has 1 aromatic carbocycles. The van der Waals surface area contributed by atoms with Crippen molar-refractivity contribution in [1.29, 1.82) is 0 Å². The van der Waals surface area contributed by atoms with Gasteiger partial charge in [-0.1, -0.05) is 19.8 Å². The summed E-state index contributed by atoms with van der Waals surface area (Å²) in [5.74, 6) is 0.975. The molecule has 1 rings (SSSR count). The molecule has 1 amide bonds. The number of unbranched alkanes of at least 4 members (excludes halogenated alkanes) is 2. The summed E-state index contributed by atoms with van der Waals surface area (Å²) in [5.41, 5.74) is 1.00. The smallest absolute Gasteiger partial charge is 0.221 e. The Morgan fingerprint density at radius 3 is 2.48 bits per heavy atom. The van der Waals surface area contributed by atoms with E-state index >= 15 is 0 Å². The van der Waals surface area contributed by atoms with Crippen LogP contribution in [0.2, 0.25) is 0 Å². The highest BCUT2D eigenvalue weighted by molar-refractivity contribution is 5.76. The maximum absolute atomic E-state index is 11.6. The summed E-state index contributed by atoms with van der Waals surface area (Å²) >= 11 is 0. The Morgan fingerprint density at radius 2 is 1.86 bits per heavy atom. The molecule has 0 spiro atoms. The first-order valence-electron chi connectivity index (χ1n) is 7.89. The van der Waals surface area contributed by atoms with Crippen LogP contribution in [0.4, 0.5) is 5.69 Å². The number of hydrogen-bond acceptors (Lipinski definition) is 3. The SMILES string of the molecule is CCCCCNC(=O)CCNc1ccc(OC(C)C)cc1. The zero-order valence-corrected chi connectivity index (χ0v) is 13.4. The van der Waals surface area contributed by atoms with E-state index in [0.717, 1.165) is 24.4 Å². The number of ether oxygens (including phenoxy) is 1. The Balaban J connectivity index is 2.18. The second-order valence-corrected chi connectivity index (χ2v) is 5.42. The molecular weight excluding hydrogens is 264 g/mol. The summed E-state index contributed by atoms with van der Waals surface area (Å²) in [6, 6.07) is 7.81. The van der Waals surface area contributed by atoms with E-state index in [9.17, 15) is 4.79 Å². The van der Waals surface area contributed by atoms with Crippen molar-refractivity contribution in [3.8, 4) is 5.75 Å². The van der Waals surface area contributed by atoms with Crippen molar-refractivity contribution in [3.63, 3.8) is 0 Å². The predicted octanol–water partition coefficient (Wildman–Crippen LogP) is 3.58. The molecular formula is C17H28N2O2. The van der Waals surface area contributed by atoms with Crippen LogP contribution < -0.4 is 15.4 Å². The van der Waals surface area contributed by atoms with Crippen LogP contribution in [-0.2, 0) is 4.79 Å². The molecule has 0 bridgehead atoms. The molecule has 0 unspecified atom stereocenters. The molecule has 0 saturated heterocycles. The molecule has 0 heterocycles. The molecule has 0 aliphatic carbocycles. The van der Waals surface area contributed by atoms with Gasteiger partial charge in [0, 0.05) is 25.2 Å². The number of nitrogens with one attached hydrogen (secondary N) is 2. The van der Waals surface area contributed by atoms with Crippen molar-refractivity contribution in [2.45, 2.75) is 52.6 Å². The third-order valence-corrected chi connectivity index (χ3v) is 3.01. The number of carbonyl (C=O) groups excluding carboxylic acids is 1. The molecule has 21 heavy (non-hydrogen) atoms. The fourth-order valence-corrected chi connectivity index (χ4v) is 1.94. The molecule has 0 fully saturated rings. The van der Waals surface area contributed by atoms with E-state index in [1.807, 2.05) is 38.1 Å². The van der Waals surface area contributed by atoms with Gasteiger partial charge in [-0.25, -0.2) is 0 Å². The fraction of sp³-hybridized carbons (Fsp3) is 0.588. The van der Waals surface area contributed by atoms with Crippen molar-refractivity contribution in [3.05, 3.63) is 24.3 Å². The second kappa shape index (κ2) is 10.1. The van der Waals surface area contributed by atoms with Gasteiger partial charge in [0.15, 0.2) is 0 Å². The molecule has 0 atom stereocenters. The number of rotatable bonds is 10. The summed E-state index contributed by atoms with van der Waals surface area (Å²) < 4.78 is 5.58. The van der Waals surface area contributed by atoms with Crippen LogP contribution >= 0.6 is 0 Å². The Hall–Kier alpha value is -1.71. The minimum atomic E-state index is 0.110. The van der Waals surface area contributed by atoms with Crippen molar-refractivity contribution in [2.75, 3.05) is 18.4 Å². The highest BCUT2D eigenvalue weighted by Gasteiger charge is 2.01. The first kappa shape index (κ1) is 17.3. The van der Waals surface area contributed by atoms with Crippen LogP contribution in [0.25, 0.3) is 0 Å². The average Bonchev–Trinajstić information content (AvgIpc) is 2.45. The zero-order chi connectivity index (χ0) is 15.5.